The Morgan fingerprint density at radius 1 is 0.852 bits per heavy atom. The molecule has 0 atom stereocenters. The number of carboxylic acid groups (broad SMARTS) is 3. The number of carbonyl (C=O) groups is 4. The van der Waals surface area contributed by atoms with Crippen LogP contribution in [0, 0.1) is 0 Å². The molecule has 0 aliphatic heterocycles. The molecule has 9 heteroatoms. The number of aliphatic carboxylic acids is 2. The van der Waals surface area contributed by atoms with Crippen LogP contribution >= 0.6 is 0 Å². The summed E-state index contributed by atoms with van der Waals surface area (Å²) >= 11 is 0. The second-order valence-corrected chi connectivity index (χ2v) is 5.66. The number of carbonyl (C=O) groups excluding carboxylic acids is 1. The Labute approximate surface area is 152 Å². The third-order valence-electron chi connectivity index (χ3n) is 3.88. The van der Waals surface area contributed by atoms with Crippen molar-refractivity contribution in [1.29, 1.82) is 0 Å². The topological polar surface area (TPSA) is 161 Å². The summed E-state index contributed by atoms with van der Waals surface area (Å²) in [6.07, 6.45) is -0.804. The molecule has 5 N–H and O–H groups in total. The summed E-state index contributed by atoms with van der Waals surface area (Å²) in [6.45, 7) is 0. The summed E-state index contributed by atoms with van der Waals surface area (Å²) in [5, 5.41) is 39.9. The number of aromatic hydroxyl groups is 1. The van der Waals surface area contributed by atoms with Crippen LogP contribution in [0.15, 0.2) is 48.5 Å². The molecule has 0 bridgehead atoms. The summed E-state index contributed by atoms with van der Waals surface area (Å²) in [5.41, 5.74) is -3.14. The van der Waals surface area contributed by atoms with E-state index in [1.54, 1.807) is 6.07 Å². The molecule has 0 saturated heterocycles. The molecule has 2 rings (SSSR count). The quantitative estimate of drug-likeness (QED) is 0.449. The fourth-order valence-corrected chi connectivity index (χ4v) is 2.38. The van der Waals surface area contributed by atoms with Gasteiger partial charge in [0.05, 0.1) is 5.56 Å². The van der Waals surface area contributed by atoms with Gasteiger partial charge in [0.1, 0.15) is 5.75 Å². The van der Waals surface area contributed by atoms with Gasteiger partial charge in [-0.1, -0.05) is 24.3 Å². The van der Waals surface area contributed by atoms with Gasteiger partial charge in [-0.05, 0) is 29.8 Å². The molecule has 0 unspecified atom stereocenters. The van der Waals surface area contributed by atoms with E-state index >= 15 is 0 Å². The molecule has 0 fully saturated rings. The first kappa shape index (κ1) is 19.4. The van der Waals surface area contributed by atoms with E-state index in [1.165, 1.54) is 24.3 Å². The largest absolute Gasteiger partial charge is 0.508 e. The van der Waals surface area contributed by atoms with E-state index < -0.39 is 41.5 Å². The molecular formula is C18H15NO8. The van der Waals surface area contributed by atoms with Crippen LogP contribution in [-0.4, -0.2) is 49.8 Å². The van der Waals surface area contributed by atoms with E-state index in [9.17, 15) is 34.5 Å². The first-order chi connectivity index (χ1) is 12.7. The molecule has 27 heavy (non-hydrogen) atoms. The van der Waals surface area contributed by atoms with Crippen LogP contribution < -0.4 is 5.32 Å². The van der Waals surface area contributed by atoms with Crippen molar-refractivity contribution < 1.29 is 39.6 Å². The van der Waals surface area contributed by atoms with Crippen molar-refractivity contribution in [2.45, 2.75) is 12.0 Å². The minimum absolute atomic E-state index is 0.0508. The molecule has 140 valence electrons. The lowest BCUT2D eigenvalue weighted by atomic mass is 9.89. The van der Waals surface area contributed by atoms with Crippen LogP contribution in [0.4, 0.5) is 0 Å². The van der Waals surface area contributed by atoms with Crippen LogP contribution in [0.1, 0.15) is 26.3 Å². The Kier molecular flexibility index (Phi) is 5.45. The number of phenolic OH excluding ortho intramolecular Hbond substituents is 1. The van der Waals surface area contributed by atoms with E-state index in [2.05, 4.69) is 0 Å². The Morgan fingerprint density at radius 3 is 1.93 bits per heavy atom. The smallest absolute Gasteiger partial charge is 0.341 e. The third kappa shape index (κ3) is 4.03. The minimum Gasteiger partial charge on any atom is -0.508 e. The summed E-state index contributed by atoms with van der Waals surface area (Å²) in [7, 11) is 0. The maximum absolute atomic E-state index is 12.3. The van der Waals surface area contributed by atoms with Gasteiger partial charge < -0.3 is 25.7 Å². The summed E-state index contributed by atoms with van der Waals surface area (Å²) < 4.78 is 0. The Bertz CT molecular complexity index is 893. The lowest BCUT2D eigenvalue weighted by molar-refractivity contribution is -0.158. The van der Waals surface area contributed by atoms with E-state index in [0.717, 1.165) is 18.2 Å². The van der Waals surface area contributed by atoms with Crippen molar-refractivity contribution in [3.63, 3.8) is 0 Å². The number of amides is 1. The molecule has 0 heterocycles. The predicted octanol–water partition coefficient (Wildman–Crippen LogP) is 0.971. The third-order valence-corrected chi connectivity index (χ3v) is 3.88. The van der Waals surface area contributed by atoms with E-state index in [4.69, 9.17) is 5.11 Å². The van der Waals surface area contributed by atoms with E-state index in [-0.39, 0.29) is 16.7 Å². The van der Waals surface area contributed by atoms with Crippen molar-refractivity contribution >= 4 is 23.8 Å². The number of rotatable bonds is 7. The van der Waals surface area contributed by atoms with E-state index in [1.807, 2.05) is 5.32 Å². The molecule has 0 aromatic heterocycles. The van der Waals surface area contributed by atoms with Gasteiger partial charge in [-0.15, -0.1) is 0 Å². The molecule has 2 aromatic rings. The second-order valence-electron chi connectivity index (χ2n) is 5.66. The van der Waals surface area contributed by atoms with Crippen molar-refractivity contribution in [3.05, 3.63) is 65.2 Å². The fraction of sp³-hybridized carbons (Fsp3) is 0.111. The number of carboxylic acids is 3. The lowest BCUT2D eigenvalue weighted by Gasteiger charge is -2.26. The highest BCUT2D eigenvalue weighted by Gasteiger charge is 2.49. The minimum atomic E-state index is -2.77. The molecular weight excluding hydrogens is 358 g/mol. The Balaban J connectivity index is 2.43. The molecule has 0 saturated carbocycles. The maximum Gasteiger partial charge on any atom is 0.341 e. The number of phenols is 1. The van der Waals surface area contributed by atoms with Crippen molar-refractivity contribution in [3.8, 4) is 5.75 Å². The molecule has 0 radical (unpaired) electrons. The Hall–Kier alpha value is -3.88. The first-order valence-corrected chi connectivity index (χ1v) is 7.57. The van der Waals surface area contributed by atoms with Gasteiger partial charge in [0.15, 0.2) is 0 Å². The SMILES string of the molecule is O=C(O)c1ccc(CC(NC(=O)c2ccccc2)(C(=O)O)C(=O)O)c(O)c1. The van der Waals surface area contributed by atoms with Crippen LogP contribution in [0.25, 0.3) is 0 Å². The van der Waals surface area contributed by atoms with Crippen molar-refractivity contribution in [1.82, 2.24) is 5.32 Å². The zero-order valence-electron chi connectivity index (χ0n) is 13.7. The van der Waals surface area contributed by atoms with Crippen molar-refractivity contribution in [2.75, 3.05) is 0 Å². The average molecular weight is 373 g/mol. The lowest BCUT2D eigenvalue weighted by Crippen LogP contribution is -2.61. The second kappa shape index (κ2) is 7.56. The highest BCUT2D eigenvalue weighted by molar-refractivity contribution is 6.09. The summed E-state index contributed by atoms with van der Waals surface area (Å²) in [6, 6.07) is 10.5. The van der Waals surface area contributed by atoms with Gasteiger partial charge in [0.2, 0.25) is 5.54 Å². The van der Waals surface area contributed by atoms with Gasteiger partial charge >= 0.3 is 17.9 Å². The average Bonchev–Trinajstić information content (AvgIpc) is 2.62. The van der Waals surface area contributed by atoms with Gasteiger partial charge in [-0.2, -0.15) is 0 Å². The summed E-state index contributed by atoms with van der Waals surface area (Å²) in [4.78, 5) is 46.7. The van der Waals surface area contributed by atoms with Gasteiger partial charge in [-0.3, -0.25) is 4.79 Å². The van der Waals surface area contributed by atoms with E-state index in [0.29, 0.717) is 0 Å². The molecule has 9 nitrogen and oxygen atoms in total. The fourth-order valence-electron chi connectivity index (χ4n) is 2.38. The van der Waals surface area contributed by atoms with Crippen LogP contribution in [0.5, 0.6) is 5.75 Å². The zero-order chi connectivity index (χ0) is 20.2. The van der Waals surface area contributed by atoms with Gasteiger partial charge in [-0.25, -0.2) is 14.4 Å². The standard InChI is InChI=1S/C18H15NO8/c20-13-8-11(15(22)23)6-7-12(13)9-18(16(24)25,17(26)27)19-14(21)10-4-2-1-3-5-10/h1-8,20H,9H2,(H,19,21)(H,22,23)(H,24,25)(H,26,27). The van der Waals surface area contributed by atoms with Crippen LogP contribution in [0.3, 0.4) is 0 Å². The molecule has 2 aromatic carbocycles. The zero-order valence-corrected chi connectivity index (χ0v) is 13.7. The molecule has 0 aliphatic carbocycles. The van der Waals surface area contributed by atoms with Crippen molar-refractivity contribution in [2.24, 2.45) is 0 Å². The van der Waals surface area contributed by atoms with Crippen LogP contribution in [0.2, 0.25) is 0 Å². The number of aromatic carboxylic acids is 1. The van der Waals surface area contributed by atoms with Crippen LogP contribution in [-0.2, 0) is 16.0 Å². The van der Waals surface area contributed by atoms with Gasteiger partial charge in [0, 0.05) is 12.0 Å². The van der Waals surface area contributed by atoms with Gasteiger partial charge in [0.25, 0.3) is 5.91 Å². The molecule has 1 amide bonds. The normalized spacial score (nSPS) is 10.8. The highest BCUT2D eigenvalue weighted by Crippen LogP contribution is 2.25. The molecule has 0 spiro atoms. The number of hydrogen-bond donors (Lipinski definition) is 5. The maximum atomic E-state index is 12.3. The summed E-state index contributed by atoms with van der Waals surface area (Å²) in [5.74, 6) is -6.54. The number of benzene rings is 2. The number of nitrogens with one attached hydrogen (secondary N) is 1. The monoisotopic (exact) mass is 373 g/mol. The highest BCUT2D eigenvalue weighted by atomic mass is 16.4. The molecule has 0 aliphatic rings. The first-order valence-electron chi connectivity index (χ1n) is 7.57. The Morgan fingerprint density at radius 2 is 1.44 bits per heavy atom. The predicted molar refractivity (Wildman–Crippen MR) is 90.7 cm³/mol. The number of hydrogen-bond acceptors (Lipinski definition) is 5.